The molecular weight excluding hydrogens is 537 g/mol. The number of halogens is 4. The Labute approximate surface area is 229 Å². The van der Waals surface area contributed by atoms with Gasteiger partial charge in [0.05, 0.1) is 24.1 Å². The molecule has 10 heteroatoms. The first-order valence-electron chi connectivity index (χ1n) is 12.5. The molecule has 1 atom stereocenters. The lowest BCUT2D eigenvalue weighted by atomic mass is 9.71. The van der Waals surface area contributed by atoms with Crippen molar-refractivity contribution in [2.45, 2.75) is 43.2 Å². The van der Waals surface area contributed by atoms with Crippen molar-refractivity contribution >= 4 is 40.2 Å². The molecule has 3 aromatic rings. The number of thioether (sulfide) groups is 1. The molecule has 2 heterocycles. The Morgan fingerprint density at radius 3 is 2.74 bits per heavy atom. The summed E-state index contributed by atoms with van der Waals surface area (Å²) < 4.78 is 48.3. The molecule has 0 aliphatic carbocycles. The number of hydrogen-bond donors (Lipinski definition) is 1. The third kappa shape index (κ3) is 6.74. The van der Waals surface area contributed by atoms with Crippen LogP contribution in [0, 0.1) is 17.0 Å². The number of ether oxygens (including phenoxy) is 1. The molecule has 1 saturated heterocycles. The molecule has 1 aliphatic rings. The second kappa shape index (κ2) is 12.6. The average molecular weight is 567 g/mol. The van der Waals surface area contributed by atoms with Crippen molar-refractivity contribution < 1.29 is 27.8 Å². The summed E-state index contributed by atoms with van der Waals surface area (Å²) in [4.78, 5) is 18.5. The Kier molecular flexibility index (Phi) is 9.44. The van der Waals surface area contributed by atoms with E-state index in [0.717, 1.165) is 6.07 Å². The van der Waals surface area contributed by atoms with Gasteiger partial charge in [-0.15, -0.1) is 11.8 Å². The van der Waals surface area contributed by atoms with E-state index >= 15 is 4.39 Å². The van der Waals surface area contributed by atoms with Gasteiger partial charge < -0.3 is 14.7 Å². The van der Waals surface area contributed by atoms with Crippen LogP contribution in [0.2, 0.25) is 5.02 Å². The first-order valence-corrected chi connectivity index (χ1v) is 13.8. The van der Waals surface area contributed by atoms with E-state index in [0.29, 0.717) is 66.9 Å². The molecule has 0 radical (unpaired) electrons. The minimum atomic E-state index is -1.39. The fraction of sp³-hybridized carbons (Fsp3) is 0.429. The highest BCUT2D eigenvalue weighted by Gasteiger charge is 2.37. The van der Waals surface area contributed by atoms with Gasteiger partial charge in [0.15, 0.2) is 11.6 Å². The SMILES string of the molecule is COc1ccc2ncc(Cl)c([C@H](F)CCC3(CC(=O)O)CCN(CCSc4cccc(F)c4F)CC3)c2c1. The molecule has 0 bridgehead atoms. The Hall–Kier alpha value is -2.49. The first kappa shape index (κ1) is 28.5. The molecule has 2 aromatic carbocycles. The summed E-state index contributed by atoms with van der Waals surface area (Å²) in [6.07, 6.45) is 1.79. The van der Waals surface area contributed by atoms with Gasteiger partial charge in [0.25, 0.3) is 0 Å². The number of aliphatic carboxylic acids is 1. The van der Waals surface area contributed by atoms with Crippen molar-refractivity contribution in [3.8, 4) is 5.75 Å². The lowest BCUT2D eigenvalue weighted by Gasteiger charge is -2.41. The topological polar surface area (TPSA) is 62.7 Å². The highest BCUT2D eigenvalue weighted by Crippen LogP contribution is 2.44. The van der Waals surface area contributed by atoms with Crippen molar-refractivity contribution in [3.63, 3.8) is 0 Å². The van der Waals surface area contributed by atoms with E-state index in [-0.39, 0.29) is 22.8 Å². The van der Waals surface area contributed by atoms with Gasteiger partial charge in [-0.2, -0.15) is 0 Å². The van der Waals surface area contributed by atoms with Crippen LogP contribution in [-0.2, 0) is 4.79 Å². The second-order valence-electron chi connectivity index (χ2n) is 9.72. The Morgan fingerprint density at radius 2 is 2.03 bits per heavy atom. The zero-order valence-electron chi connectivity index (χ0n) is 21.1. The molecule has 1 N–H and O–H groups in total. The Bertz CT molecular complexity index is 1290. The fourth-order valence-electron chi connectivity index (χ4n) is 5.16. The van der Waals surface area contributed by atoms with E-state index in [1.165, 1.54) is 31.1 Å². The molecule has 1 aliphatic heterocycles. The molecule has 0 saturated carbocycles. The molecule has 5 nitrogen and oxygen atoms in total. The number of piperidine rings is 1. The number of nitrogens with zero attached hydrogens (tertiary/aromatic N) is 2. The number of carboxylic acids is 1. The Balaban J connectivity index is 1.39. The summed E-state index contributed by atoms with van der Waals surface area (Å²) in [6, 6.07) is 9.36. The van der Waals surface area contributed by atoms with Crippen molar-refractivity contribution in [3.05, 3.63) is 64.8 Å². The van der Waals surface area contributed by atoms with Gasteiger partial charge in [0.1, 0.15) is 11.9 Å². The number of fused-ring (bicyclic) bond motifs is 1. The molecule has 0 amide bonds. The molecule has 1 aromatic heterocycles. The van der Waals surface area contributed by atoms with E-state index in [9.17, 15) is 18.7 Å². The standard InChI is InChI=1S/C28H30ClF3N2O3S/c1-37-18-5-6-23-19(15-18)26(20(29)17-33-23)21(30)7-8-28(16-25(35)36)9-11-34(12-10-28)13-14-38-24-4-2-3-22(31)27(24)32/h2-6,15,17,21H,7-14,16H2,1H3,(H,35,36)/t21-/m1/s1. The third-order valence-corrected chi connectivity index (χ3v) is 8.65. The number of benzene rings is 2. The number of alkyl halides is 1. The monoisotopic (exact) mass is 566 g/mol. The third-order valence-electron chi connectivity index (χ3n) is 7.33. The maximum atomic E-state index is 15.7. The van der Waals surface area contributed by atoms with E-state index in [1.807, 2.05) is 0 Å². The zero-order chi connectivity index (χ0) is 27.3. The highest BCUT2D eigenvalue weighted by molar-refractivity contribution is 7.99. The van der Waals surface area contributed by atoms with Crippen LogP contribution >= 0.6 is 23.4 Å². The van der Waals surface area contributed by atoms with Crippen molar-refractivity contribution in [1.29, 1.82) is 0 Å². The van der Waals surface area contributed by atoms with E-state index < -0.39 is 29.2 Å². The predicted octanol–water partition coefficient (Wildman–Crippen LogP) is 7.32. The van der Waals surface area contributed by atoms with Crippen LogP contribution < -0.4 is 4.74 Å². The number of carboxylic acid groups (broad SMARTS) is 1. The predicted molar refractivity (Wildman–Crippen MR) is 144 cm³/mol. The lowest BCUT2D eigenvalue weighted by molar-refractivity contribution is -0.141. The van der Waals surface area contributed by atoms with E-state index in [2.05, 4.69) is 9.88 Å². The van der Waals surface area contributed by atoms with Crippen molar-refractivity contribution in [2.24, 2.45) is 5.41 Å². The molecule has 204 valence electrons. The maximum Gasteiger partial charge on any atom is 0.303 e. The number of aromatic nitrogens is 1. The summed E-state index contributed by atoms with van der Waals surface area (Å²) in [7, 11) is 1.53. The van der Waals surface area contributed by atoms with Crippen LogP contribution in [0.3, 0.4) is 0 Å². The van der Waals surface area contributed by atoms with E-state index in [1.54, 1.807) is 24.3 Å². The number of hydrogen-bond acceptors (Lipinski definition) is 5. The van der Waals surface area contributed by atoms with Crippen LogP contribution in [0.5, 0.6) is 5.75 Å². The summed E-state index contributed by atoms with van der Waals surface area (Å²) >= 11 is 7.63. The summed E-state index contributed by atoms with van der Waals surface area (Å²) in [5.74, 6) is -1.45. The minimum Gasteiger partial charge on any atom is -0.497 e. The number of carbonyl (C=O) groups is 1. The quantitative estimate of drug-likeness (QED) is 0.245. The van der Waals surface area contributed by atoms with Crippen LogP contribution in [0.1, 0.15) is 43.8 Å². The maximum absolute atomic E-state index is 15.7. The zero-order valence-corrected chi connectivity index (χ0v) is 22.6. The van der Waals surface area contributed by atoms with Crippen molar-refractivity contribution in [2.75, 3.05) is 32.5 Å². The normalized spacial score (nSPS) is 16.4. The summed E-state index contributed by atoms with van der Waals surface area (Å²) in [5, 5.41) is 10.4. The van der Waals surface area contributed by atoms with Crippen LogP contribution in [-0.4, -0.2) is 53.5 Å². The molecule has 38 heavy (non-hydrogen) atoms. The lowest BCUT2D eigenvalue weighted by Crippen LogP contribution is -2.42. The fourth-order valence-corrected chi connectivity index (χ4v) is 6.39. The molecule has 0 unspecified atom stereocenters. The minimum absolute atomic E-state index is 0.0323. The van der Waals surface area contributed by atoms with Gasteiger partial charge >= 0.3 is 5.97 Å². The van der Waals surface area contributed by atoms with Gasteiger partial charge in [0, 0.05) is 34.3 Å². The molecule has 1 fully saturated rings. The van der Waals surface area contributed by atoms with Gasteiger partial charge in [-0.1, -0.05) is 17.7 Å². The van der Waals surface area contributed by atoms with Crippen molar-refractivity contribution in [1.82, 2.24) is 9.88 Å². The second-order valence-corrected chi connectivity index (χ2v) is 11.3. The van der Waals surface area contributed by atoms with Crippen LogP contribution in [0.15, 0.2) is 47.5 Å². The first-order chi connectivity index (χ1) is 18.2. The van der Waals surface area contributed by atoms with Crippen LogP contribution in [0.25, 0.3) is 10.9 Å². The van der Waals surface area contributed by atoms with Crippen LogP contribution in [0.4, 0.5) is 13.2 Å². The summed E-state index contributed by atoms with van der Waals surface area (Å²) in [5.41, 5.74) is 0.430. The van der Waals surface area contributed by atoms with Gasteiger partial charge in [0.2, 0.25) is 0 Å². The van der Waals surface area contributed by atoms with Gasteiger partial charge in [-0.3, -0.25) is 9.78 Å². The molecule has 4 rings (SSSR count). The molecular formula is C28H30ClF3N2O3S. The summed E-state index contributed by atoms with van der Waals surface area (Å²) in [6.45, 7) is 1.98. The van der Waals surface area contributed by atoms with Gasteiger partial charge in [-0.05, 0) is 74.5 Å². The van der Waals surface area contributed by atoms with E-state index in [4.69, 9.17) is 16.3 Å². The Morgan fingerprint density at radius 1 is 1.26 bits per heavy atom. The average Bonchev–Trinajstić information content (AvgIpc) is 2.90. The van der Waals surface area contributed by atoms with Gasteiger partial charge in [-0.25, -0.2) is 13.2 Å². The molecule has 0 spiro atoms. The number of likely N-dealkylation sites (tertiary alicyclic amines) is 1. The smallest absolute Gasteiger partial charge is 0.303 e. The number of methoxy groups -OCH3 is 1. The largest absolute Gasteiger partial charge is 0.497 e. The highest BCUT2D eigenvalue weighted by atomic mass is 35.5. The number of rotatable bonds is 11. The number of pyridine rings is 1.